The van der Waals surface area contributed by atoms with E-state index in [0.29, 0.717) is 86.2 Å². The monoisotopic (exact) mass is 1240 g/mol. The number of thioether (sulfide) groups is 1. The van der Waals surface area contributed by atoms with Gasteiger partial charge in [-0.2, -0.15) is 13.2 Å². The van der Waals surface area contributed by atoms with E-state index in [1.54, 1.807) is 37.7 Å². The van der Waals surface area contributed by atoms with Gasteiger partial charge in [0.1, 0.15) is 0 Å². The number of likely N-dealkylation sites (tertiary alicyclic amines) is 1. The minimum atomic E-state index is -5.91. The summed E-state index contributed by atoms with van der Waals surface area (Å²) >= 11 is 7.85. The molecule has 9 rings (SSSR count). The van der Waals surface area contributed by atoms with Gasteiger partial charge in [-0.15, -0.1) is 11.8 Å². The number of hydrogen-bond acceptors (Lipinski definition) is 12. The fourth-order valence-corrected chi connectivity index (χ4v) is 18.4. The van der Waals surface area contributed by atoms with E-state index >= 15 is 4.57 Å². The zero-order chi connectivity index (χ0) is 59.3. The van der Waals surface area contributed by atoms with Crippen LogP contribution in [0, 0.1) is 18.8 Å². The molecule has 0 spiro atoms. The first-order valence-corrected chi connectivity index (χ1v) is 34.5. The minimum Gasteiger partial charge on any atom is -0.478 e. The predicted molar refractivity (Wildman–Crippen MR) is 327 cm³/mol. The lowest BCUT2D eigenvalue weighted by molar-refractivity contribution is -0.0436. The van der Waals surface area contributed by atoms with Gasteiger partial charge in [0.05, 0.1) is 54.0 Å². The Morgan fingerprint density at radius 1 is 0.819 bits per heavy atom. The molecule has 0 saturated carbocycles. The quantitative estimate of drug-likeness (QED) is 0.0478. The number of halogens is 4. The molecule has 446 valence electrons. The maximum atomic E-state index is 15.1. The van der Waals surface area contributed by atoms with E-state index in [-0.39, 0.29) is 53.9 Å². The summed E-state index contributed by atoms with van der Waals surface area (Å²) < 4.78 is 120. The van der Waals surface area contributed by atoms with Crippen molar-refractivity contribution in [1.82, 2.24) is 9.47 Å². The number of aromatic nitrogens is 1. The second-order valence-electron chi connectivity index (χ2n) is 21.6. The van der Waals surface area contributed by atoms with Gasteiger partial charge in [-0.1, -0.05) is 60.1 Å². The fraction of sp³-hybridized carbons (Fsp3) is 0.426. The van der Waals surface area contributed by atoms with Crippen molar-refractivity contribution in [3.63, 3.8) is 0 Å². The molecule has 0 radical (unpaired) electrons. The van der Waals surface area contributed by atoms with Gasteiger partial charge < -0.3 is 37.9 Å². The van der Waals surface area contributed by atoms with Crippen LogP contribution in [0.2, 0.25) is 5.02 Å². The molecule has 4 heterocycles. The summed E-state index contributed by atoms with van der Waals surface area (Å²) in [6.07, 6.45) is 2.50. The van der Waals surface area contributed by atoms with E-state index in [1.807, 2.05) is 106 Å². The van der Waals surface area contributed by atoms with Crippen LogP contribution in [0.4, 0.5) is 30.2 Å². The van der Waals surface area contributed by atoms with Crippen LogP contribution in [-0.4, -0.2) is 119 Å². The number of carboxylic acids is 1. The first-order chi connectivity index (χ1) is 39.6. The second kappa shape index (κ2) is 26.7. The SMILES string of the molecule is CCOP(=O)(CC1CCN(CC[C@H](CSc2ccccc2)Cc2ccc([P@]3(=O)OCCN3c3ccc(N4CCN(c5cccc(-c6c(C(=O)O)c(C)n(C(C)C)c6-c6ccc(Cl)cc6)c5)CC4)cc3)cc2S(=O)(=O)C(F)(F)F)CC1)OCC. The number of aromatic carboxylic acids is 1. The standard InChI is InChI=1S/C61H73ClF3N5O9P2S2/c1-6-77-80(73,78-7-2)41-45-26-29-66(30-27-45)31-28-46(42-82-55-14-9-8-10-15-55)38-48-18-25-54(40-56(48)83(75,76)61(63,64)65)81(74)69(36-37-79-81)52-23-21-51(22-24-52)67-32-34-68(35-33-67)53-13-11-12-49(39-53)58-57(60(71)72)44(5)70(43(3)4)59(58)47-16-19-50(62)20-17-47/h8-25,39-40,43,45-46H,6-7,26-38,41-42H2,1-5H3,(H,71,72)/t46-,81-/m0/s1. The van der Waals surface area contributed by atoms with Crippen molar-refractivity contribution in [2.75, 3.05) is 98.6 Å². The summed E-state index contributed by atoms with van der Waals surface area (Å²) in [6.45, 7) is 14.9. The maximum absolute atomic E-state index is 15.1. The molecule has 6 aromatic rings. The van der Waals surface area contributed by atoms with Crippen LogP contribution < -0.4 is 19.8 Å². The van der Waals surface area contributed by atoms with Gasteiger partial charge in [-0.3, -0.25) is 13.8 Å². The number of hydrogen-bond donors (Lipinski definition) is 1. The number of benzene rings is 5. The largest absolute Gasteiger partial charge is 0.501 e. The van der Waals surface area contributed by atoms with Gasteiger partial charge in [0.2, 0.25) is 0 Å². The molecule has 1 aromatic heterocycles. The first-order valence-electron chi connectivity index (χ1n) is 28.3. The molecule has 0 amide bonds. The summed E-state index contributed by atoms with van der Waals surface area (Å²) in [5.74, 6) is -0.588. The van der Waals surface area contributed by atoms with Crippen LogP contribution in [0.1, 0.15) is 74.6 Å². The number of nitrogens with zero attached hydrogens (tertiary/aromatic N) is 5. The van der Waals surface area contributed by atoms with Gasteiger partial charge in [-0.05, 0) is 181 Å². The molecule has 5 aromatic carbocycles. The third-order valence-electron chi connectivity index (χ3n) is 15.9. The van der Waals surface area contributed by atoms with Crippen molar-refractivity contribution in [2.24, 2.45) is 11.8 Å². The van der Waals surface area contributed by atoms with E-state index in [4.69, 9.17) is 25.2 Å². The molecule has 3 saturated heterocycles. The fourth-order valence-electron chi connectivity index (χ4n) is 11.8. The van der Waals surface area contributed by atoms with Crippen LogP contribution in [0.15, 0.2) is 131 Å². The number of carboxylic acid groups (broad SMARTS) is 1. The normalized spacial score (nSPS) is 18.1. The lowest BCUT2D eigenvalue weighted by Crippen LogP contribution is -2.46. The van der Waals surface area contributed by atoms with Crippen molar-refractivity contribution < 1.29 is 54.2 Å². The molecule has 3 aliphatic heterocycles. The van der Waals surface area contributed by atoms with E-state index in [0.717, 1.165) is 65.1 Å². The molecule has 0 unspecified atom stereocenters. The third kappa shape index (κ3) is 14.1. The van der Waals surface area contributed by atoms with Crippen LogP contribution >= 0.6 is 38.5 Å². The summed E-state index contributed by atoms with van der Waals surface area (Å²) in [6, 6.07) is 36.2. The highest BCUT2D eigenvalue weighted by molar-refractivity contribution is 7.99. The average molecular weight is 1240 g/mol. The van der Waals surface area contributed by atoms with Crippen molar-refractivity contribution in [2.45, 2.75) is 81.6 Å². The summed E-state index contributed by atoms with van der Waals surface area (Å²) in [4.78, 5) is 19.8. The number of carbonyl (C=O) groups is 1. The molecule has 2 atom stereocenters. The maximum Gasteiger partial charge on any atom is 0.501 e. The smallest absolute Gasteiger partial charge is 0.478 e. The Bertz CT molecular complexity index is 3420. The molecule has 3 fully saturated rings. The summed E-state index contributed by atoms with van der Waals surface area (Å²) in [5, 5.41) is 11.0. The molecule has 1 N–H and O–H groups in total. The van der Waals surface area contributed by atoms with Gasteiger partial charge >= 0.3 is 26.6 Å². The highest BCUT2D eigenvalue weighted by atomic mass is 35.5. The third-order valence-corrected chi connectivity index (χ3v) is 23.7. The van der Waals surface area contributed by atoms with E-state index in [2.05, 4.69) is 25.3 Å². The molecule has 0 bridgehead atoms. The molecule has 14 nitrogen and oxygen atoms in total. The Morgan fingerprint density at radius 2 is 1.46 bits per heavy atom. The highest BCUT2D eigenvalue weighted by Gasteiger charge is 2.49. The van der Waals surface area contributed by atoms with Crippen molar-refractivity contribution >= 4 is 76.7 Å². The number of sulfone groups is 1. The van der Waals surface area contributed by atoms with Gasteiger partial charge in [-0.25, -0.2) is 13.2 Å². The van der Waals surface area contributed by atoms with Crippen LogP contribution in [0.25, 0.3) is 22.4 Å². The van der Waals surface area contributed by atoms with Crippen molar-refractivity contribution in [3.8, 4) is 22.4 Å². The zero-order valence-corrected chi connectivity index (χ0v) is 51.6. The van der Waals surface area contributed by atoms with Gasteiger partial charge in [0.15, 0.2) is 0 Å². The zero-order valence-electron chi connectivity index (χ0n) is 47.5. The first kappa shape index (κ1) is 62.5. The predicted octanol–water partition coefficient (Wildman–Crippen LogP) is 14.4. The Morgan fingerprint density at radius 3 is 2.07 bits per heavy atom. The van der Waals surface area contributed by atoms with Crippen LogP contribution in [-0.2, 0) is 39.0 Å². The molecular weight excluding hydrogens is 1170 g/mol. The topological polar surface area (TPSA) is 151 Å². The van der Waals surface area contributed by atoms with E-state index < -0.39 is 41.3 Å². The summed E-state index contributed by atoms with van der Waals surface area (Å²) in [7, 11) is -13.2. The number of anilines is 3. The molecular formula is C61H73ClF3N5O9P2S2. The highest BCUT2D eigenvalue weighted by Crippen LogP contribution is 2.56. The Hall–Kier alpha value is -5.07. The van der Waals surface area contributed by atoms with Crippen LogP contribution in [0.5, 0.6) is 0 Å². The van der Waals surface area contributed by atoms with E-state index in [9.17, 15) is 36.1 Å². The summed E-state index contributed by atoms with van der Waals surface area (Å²) in [5.41, 5.74) is 0.735. The van der Waals surface area contributed by atoms with Gasteiger partial charge in [0, 0.05) is 76.2 Å². The van der Waals surface area contributed by atoms with Gasteiger partial charge in [0.25, 0.3) is 9.84 Å². The lowest BCUT2D eigenvalue weighted by Gasteiger charge is -2.37. The van der Waals surface area contributed by atoms with E-state index in [1.165, 1.54) is 16.8 Å². The van der Waals surface area contributed by atoms with Crippen molar-refractivity contribution in [1.29, 1.82) is 0 Å². The van der Waals surface area contributed by atoms with Crippen LogP contribution in [0.3, 0.4) is 0 Å². The lowest BCUT2D eigenvalue weighted by atomic mass is 9.95. The Labute approximate surface area is 495 Å². The Balaban J connectivity index is 0.903. The number of rotatable bonds is 23. The number of alkyl halides is 3. The average Bonchev–Trinajstić information content (AvgIpc) is 3.98. The minimum absolute atomic E-state index is 0.00287. The second-order valence-corrected chi connectivity index (χ2v) is 29.5. The van der Waals surface area contributed by atoms with Crippen molar-refractivity contribution in [3.05, 3.63) is 143 Å². The Kier molecular flexibility index (Phi) is 20.1. The molecule has 3 aliphatic rings. The molecule has 0 aliphatic carbocycles. The number of piperidine rings is 1. The molecule has 83 heavy (non-hydrogen) atoms. The molecule has 22 heteroatoms. The number of piperazine rings is 1.